The molecule has 2 heterocycles. The van der Waals surface area contributed by atoms with Crippen molar-refractivity contribution in [3.63, 3.8) is 0 Å². The molecule has 1 aromatic carbocycles. The van der Waals surface area contributed by atoms with Gasteiger partial charge < -0.3 is 49.2 Å². The Morgan fingerprint density at radius 2 is 1.77 bits per heavy atom. The van der Waals surface area contributed by atoms with Gasteiger partial charge in [-0.1, -0.05) is 30.3 Å². The smallest absolute Gasteiger partial charge is 0.335 e. The summed E-state index contributed by atoms with van der Waals surface area (Å²) in [6, 6.07) is 8.97. The van der Waals surface area contributed by atoms with Gasteiger partial charge in [-0.3, -0.25) is 4.79 Å². The van der Waals surface area contributed by atoms with Gasteiger partial charge in [0.15, 0.2) is 6.29 Å². The van der Waals surface area contributed by atoms with Crippen molar-refractivity contribution in [3.8, 4) is 0 Å². The summed E-state index contributed by atoms with van der Waals surface area (Å²) in [5.74, 6) is -4.02. The summed E-state index contributed by atoms with van der Waals surface area (Å²) >= 11 is 0. The summed E-state index contributed by atoms with van der Waals surface area (Å²) in [6.45, 7) is -1.09. The second-order valence-electron chi connectivity index (χ2n) is 8.59. The molecule has 0 saturated carbocycles. The number of methoxy groups -OCH3 is 1. The Hall–Kier alpha value is -3.59. The number of hydrogen-bond acceptors (Lipinski definition) is 12. The van der Waals surface area contributed by atoms with E-state index >= 15 is 0 Å². The molecule has 5 N–H and O–H groups in total. The molecule has 0 spiro atoms. The Bertz CT molecular complexity index is 1090. The normalized spacial score (nSPS) is 29.9. The predicted octanol–water partition coefficient (Wildman–Crippen LogP) is -0.510. The Balaban J connectivity index is 1.84. The van der Waals surface area contributed by atoms with Crippen LogP contribution >= 0.6 is 0 Å². The zero-order valence-corrected chi connectivity index (χ0v) is 20.9. The number of aliphatic hydroxyl groups is 4. The van der Waals surface area contributed by atoms with Gasteiger partial charge >= 0.3 is 17.9 Å². The third kappa shape index (κ3) is 7.72. The van der Waals surface area contributed by atoms with Gasteiger partial charge in [0.1, 0.15) is 31.0 Å². The molecule has 1 aromatic rings. The SMILES string of the molecule is COC(=O)C[C@@H]1C(C(=O)O)=COC(OC2OC(CO)C(O)C(O)C2O)/C1=C/COC(=O)/C=C/c1ccccc1. The zero-order chi connectivity index (χ0) is 28.5. The van der Waals surface area contributed by atoms with E-state index in [1.165, 1.54) is 18.2 Å². The van der Waals surface area contributed by atoms with Crippen molar-refractivity contribution in [2.24, 2.45) is 5.92 Å². The van der Waals surface area contributed by atoms with Crippen LogP contribution in [-0.2, 0) is 38.1 Å². The van der Waals surface area contributed by atoms with E-state index in [4.69, 9.17) is 18.9 Å². The Morgan fingerprint density at radius 1 is 1.05 bits per heavy atom. The quantitative estimate of drug-likeness (QED) is 0.142. The molecule has 0 aromatic heterocycles. The molecule has 1 saturated heterocycles. The van der Waals surface area contributed by atoms with Crippen molar-refractivity contribution in [1.82, 2.24) is 0 Å². The second-order valence-corrected chi connectivity index (χ2v) is 8.59. The van der Waals surface area contributed by atoms with Crippen molar-refractivity contribution in [2.75, 3.05) is 20.3 Å². The number of aliphatic hydroxyl groups excluding tert-OH is 4. The van der Waals surface area contributed by atoms with Crippen molar-refractivity contribution < 1.29 is 63.6 Å². The summed E-state index contributed by atoms with van der Waals surface area (Å²) in [6.07, 6.45) is -5.13. The van der Waals surface area contributed by atoms with E-state index in [0.717, 1.165) is 18.9 Å². The van der Waals surface area contributed by atoms with Crippen LogP contribution in [-0.4, -0.2) is 101 Å². The Kier molecular flexibility index (Phi) is 10.7. The van der Waals surface area contributed by atoms with Crippen molar-refractivity contribution in [3.05, 3.63) is 65.5 Å². The maximum Gasteiger partial charge on any atom is 0.335 e. The van der Waals surface area contributed by atoms with Gasteiger partial charge in [-0.2, -0.15) is 0 Å². The molecular weight excluding hydrogens is 520 g/mol. The van der Waals surface area contributed by atoms with E-state index in [9.17, 15) is 39.9 Å². The lowest BCUT2D eigenvalue weighted by Gasteiger charge is -2.41. The molecule has 39 heavy (non-hydrogen) atoms. The fraction of sp³-hybridized carbons (Fsp3) is 0.423. The summed E-state index contributed by atoms with van der Waals surface area (Å²) in [5.41, 5.74) is 0.462. The van der Waals surface area contributed by atoms with Crippen LogP contribution in [0, 0.1) is 5.92 Å². The molecule has 0 radical (unpaired) electrons. The number of aliphatic carboxylic acids is 1. The van der Waals surface area contributed by atoms with Crippen LogP contribution in [0.4, 0.5) is 0 Å². The second kappa shape index (κ2) is 14.0. The molecule has 2 aliphatic heterocycles. The summed E-state index contributed by atoms with van der Waals surface area (Å²) in [7, 11) is 1.12. The van der Waals surface area contributed by atoms with E-state index in [1.807, 2.05) is 6.07 Å². The molecule has 212 valence electrons. The molecule has 0 bridgehead atoms. The number of carboxylic acids is 1. The highest BCUT2D eigenvalue weighted by Crippen LogP contribution is 2.35. The minimum Gasteiger partial charge on any atom is -0.478 e. The average Bonchev–Trinajstić information content (AvgIpc) is 2.93. The van der Waals surface area contributed by atoms with Crippen LogP contribution in [0.1, 0.15) is 12.0 Å². The number of carbonyl (C=O) groups excluding carboxylic acids is 2. The molecule has 1 fully saturated rings. The Morgan fingerprint density at radius 3 is 2.41 bits per heavy atom. The van der Waals surface area contributed by atoms with E-state index in [0.29, 0.717) is 0 Å². The standard InChI is InChI=1S/C26H30O13/c1-35-20(29)11-16-15(9-10-36-19(28)8-7-14-5-3-2-4-6-14)25(37-13-17(16)24(33)34)39-26-23(32)22(31)21(30)18(12-27)38-26/h2-9,13,16,18,21-23,25-27,30-32H,10-12H2,1H3,(H,33,34)/b8-7+,15-9+/t16-,18?,21?,22?,23?,25?,26?/m0/s1. The van der Waals surface area contributed by atoms with Crippen molar-refractivity contribution >= 4 is 24.0 Å². The van der Waals surface area contributed by atoms with Crippen LogP contribution < -0.4 is 0 Å². The van der Waals surface area contributed by atoms with Crippen molar-refractivity contribution in [2.45, 2.75) is 43.4 Å². The lowest BCUT2D eigenvalue weighted by atomic mass is 9.86. The monoisotopic (exact) mass is 550 g/mol. The van der Waals surface area contributed by atoms with Gasteiger partial charge in [-0.05, 0) is 17.7 Å². The first-order valence-corrected chi connectivity index (χ1v) is 11.9. The fourth-order valence-electron chi connectivity index (χ4n) is 3.96. The number of ether oxygens (including phenoxy) is 5. The first kappa shape index (κ1) is 30.0. The molecular formula is C26H30O13. The topological polar surface area (TPSA) is 199 Å². The number of hydrogen-bond donors (Lipinski definition) is 5. The lowest BCUT2D eigenvalue weighted by molar-refractivity contribution is -0.327. The molecule has 6 unspecified atom stereocenters. The van der Waals surface area contributed by atoms with Gasteiger partial charge in [-0.25, -0.2) is 9.59 Å². The Labute approximate surface area is 223 Å². The maximum atomic E-state index is 12.2. The average molecular weight is 551 g/mol. The van der Waals surface area contributed by atoms with Crippen molar-refractivity contribution in [1.29, 1.82) is 0 Å². The molecule has 3 rings (SSSR count). The number of benzene rings is 1. The first-order valence-electron chi connectivity index (χ1n) is 11.9. The van der Waals surface area contributed by atoms with Crippen LogP contribution in [0.2, 0.25) is 0 Å². The maximum absolute atomic E-state index is 12.2. The fourth-order valence-corrected chi connectivity index (χ4v) is 3.96. The van der Waals surface area contributed by atoms with Gasteiger partial charge in [0.2, 0.25) is 6.29 Å². The summed E-state index contributed by atoms with van der Waals surface area (Å²) in [4.78, 5) is 36.2. The molecule has 0 amide bonds. The van der Waals surface area contributed by atoms with Crippen LogP contribution in [0.15, 0.2) is 59.9 Å². The molecule has 13 heteroatoms. The van der Waals surface area contributed by atoms with Crippen LogP contribution in [0.25, 0.3) is 6.08 Å². The van der Waals surface area contributed by atoms with Gasteiger partial charge in [0.05, 0.1) is 32.0 Å². The number of carbonyl (C=O) groups is 3. The van der Waals surface area contributed by atoms with Crippen LogP contribution in [0.3, 0.4) is 0 Å². The zero-order valence-electron chi connectivity index (χ0n) is 20.9. The molecule has 2 aliphatic rings. The highest BCUT2D eigenvalue weighted by Gasteiger charge is 2.46. The van der Waals surface area contributed by atoms with E-state index in [1.54, 1.807) is 24.3 Å². The van der Waals surface area contributed by atoms with Gasteiger partial charge in [0, 0.05) is 17.6 Å². The first-order chi connectivity index (χ1) is 18.7. The van der Waals surface area contributed by atoms with E-state index in [-0.39, 0.29) is 17.8 Å². The minimum absolute atomic E-state index is 0.0251. The highest BCUT2D eigenvalue weighted by atomic mass is 16.8. The predicted molar refractivity (Wildman–Crippen MR) is 130 cm³/mol. The molecule has 0 aliphatic carbocycles. The summed E-state index contributed by atoms with van der Waals surface area (Å²) in [5, 5.41) is 49.5. The van der Waals surface area contributed by atoms with Crippen LogP contribution in [0.5, 0.6) is 0 Å². The number of carboxylic acid groups (broad SMARTS) is 1. The van der Waals surface area contributed by atoms with E-state index < -0.39 is 73.8 Å². The van der Waals surface area contributed by atoms with Gasteiger partial charge in [-0.15, -0.1) is 0 Å². The van der Waals surface area contributed by atoms with E-state index in [2.05, 4.69) is 4.74 Å². The highest BCUT2D eigenvalue weighted by molar-refractivity contribution is 5.89. The minimum atomic E-state index is -1.78. The third-order valence-corrected chi connectivity index (χ3v) is 6.08. The van der Waals surface area contributed by atoms with Gasteiger partial charge in [0.25, 0.3) is 0 Å². The largest absolute Gasteiger partial charge is 0.478 e. The summed E-state index contributed by atoms with van der Waals surface area (Å²) < 4.78 is 26.3. The lowest BCUT2D eigenvalue weighted by Crippen LogP contribution is -2.60. The molecule has 13 nitrogen and oxygen atoms in total. The number of rotatable bonds is 10. The third-order valence-electron chi connectivity index (χ3n) is 6.08. The molecule has 7 atom stereocenters. The number of esters is 2.